The van der Waals surface area contributed by atoms with Crippen molar-refractivity contribution in [2.75, 3.05) is 33.3 Å². The van der Waals surface area contributed by atoms with Gasteiger partial charge in [0.05, 0.1) is 17.3 Å². The summed E-state index contributed by atoms with van der Waals surface area (Å²) < 4.78 is 5.06. The number of amides is 1. The van der Waals surface area contributed by atoms with Crippen LogP contribution in [0.5, 0.6) is 0 Å². The Morgan fingerprint density at radius 3 is 2.77 bits per heavy atom. The van der Waals surface area contributed by atoms with Crippen LogP contribution in [0, 0.1) is 0 Å². The molecule has 2 heterocycles. The Morgan fingerprint density at radius 1 is 1.46 bits per heavy atom. The highest BCUT2D eigenvalue weighted by molar-refractivity contribution is 7.09. The number of rotatable bonds is 6. The summed E-state index contributed by atoms with van der Waals surface area (Å²) in [6.07, 6.45) is 2.45. The maximum Gasteiger partial charge on any atom is 0.409 e. The second kappa shape index (κ2) is 10.4. The summed E-state index contributed by atoms with van der Waals surface area (Å²) in [6, 6.07) is 0.318. The Balaban J connectivity index is 1.70. The van der Waals surface area contributed by atoms with Gasteiger partial charge in [-0.15, -0.1) is 11.3 Å². The third-order valence-corrected chi connectivity index (χ3v) is 5.52. The number of hydrogen-bond acceptors (Lipinski definition) is 5. The molecular formula is C18H31N5O2S. The van der Waals surface area contributed by atoms with Gasteiger partial charge in [0.1, 0.15) is 0 Å². The number of carbonyl (C=O) groups excluding carboxylic acids is 1. The molecule has 2 N–H and O–H groups in total. The first kappa shape index (κ1) is 20.5. The number of hydrogen-bond donors (Lipinski definition) is 2. The standard InChI is InChI=1S/C18H31N5O2S/c1-5-25-18(24)23-10-7-14(8-11-23)22-17(19-4)20-9-6-15-12-26-16(21-15)13(2)3/h12-14H,5-11H2,1-4H3,(H2,19,20,22). The maximum absolute atomic E-state index is 11.7. The van der Waals surface area contributed by atoms with Gasteiger partial charge in [0, 0.05) is 50.4 Å². The predicted octanol–water partition coefficient (Wildman–Crippen LogP) is 2.59. The van der Waals surface area contributed by atoms with Gasteiger partial charge in [-0.2, -0.15) is 0 Å². The minimum absolute atomic E-state index is 0.211. The average molecular weight is 382 g/mol. The fourth-order valence-corrected chi connectivity index (χ4v) is 3.69. The molecule has 0 aromatic carbocycles. The Labute approximate surface area is 160 Å². The van der Waals surface area contributed by atoms with Crippen LogP contribution in [0.15, 0.2) is 10.4 Å². The third kappa shape index (κ3) is 6.16. The molecule has 1 aromatic rings. The Hall–Kier alpha value is -1.83. The molecule has 1 saturated heterocycles. The second-order valence-corrected chi connectivity index (χ2v) is 7.58. The maximum atomic E-state index is 11.7. The van der Waals surface area contributed by atoms with Crippen molar-refractivity contribution in [1.29, 1.82) is 0 Å². The van der Waals surface area contributed by atoms with E-state index in [2.05, 4.69) is 39.8 Å². The molecule has 2 rings (SSSR count). The van der Waals surface area contributed by atoms with Gasteiger partial charge >= 0.3 is 6.09 Å². The second-order valence-electron chi connectivity index (χ2n) is 6.69. The summed E-state index contributed by atoms with van der Waals surface area (Å²) in [5.74, 6) is 1.29. The smallest absolute Gasteiger partial charge is 0.409 e. The predicted molar refractivity (Wildman–Crippen MR) is 106 cm³/mol. The monoisotopic (exact) mass is 381 g/mol. The minimum Gasteiger partial charge on any atom is -0.450 e. The van der Waals surface area contributed by atoms with Crippen LogP contribution in [0.1, 0.15) is 50.2 Å². The van der Waals surface area contributed by atoms with Crippen molar-refractivity contribution in [3.63, 3.8) is 0 Å². The van der Waals surface area contributed by atoms with Crippen molar-refractivity contribution in [2.45, 2.75) is 52.0 Å². The summed E-state index contributed by atoms with van der Waals surface area (Å²) in [7, 11) is 1.78. The van der Waals surface area contributed by atoms with Gasteiger partial charge in [-0.3, -0.25) is 4.99 Å². The molecule has 1 aromatic heterocycles. The normalized spacial score (nSPS) is 16.0. The molecule has 0 saturated carbocycles. The van der Waals surface area contributed by atoms with Crippen molar-refractivity contribution >= 4 is 23.4 Å². The number of nitrogens with one attached hydrogen (secondary N) is 2. The zero-order valence-electron chi connectivity index (χ0n) is 16.2. The molecule has 0 bridgehead atoms. The SMILES string of the molecule is CCOC(=O)N1CCC(NC(=NC)NCCc2csc(C(C)C)n2)CC1. The molecule has 0 spiro atoms. The van der Waals surface area contributed by atoms with Crippen LogP contribution in [0.4, 0.5) is 4.79 Å². The lowest BCUT2D eigenvalue weighted by Crippen LogP contribution is -2.50. The Bertz CT molecular complexity index is 594. The first-order chi connectivity index (χ1) is 12.5. The molecule has 8 heteroatoms. The number of thiazole rings is 1. The number of aromatic nitrogens is 1. The highest BCUT2D eigenvalue weighted by Gasteiger charge is 2.23. The molecule has 0 aliphatic carbocycles. The molecular weight excluding hydrogens is 350 g/mol. The van der Waals surface area contributed by atoms with Crippen LogP contribution in [0.2, 0.25) is 0 Å². The summed E-state index contributed by atoms with van der Waals surface area (Å²) in [5.41, 5.74) is 1.13. The number of likely N-dealkylation sites (tertiary alicyclic amines) is 1. The van der Waals surface area contributed by atoms with E-state index in [1.54, 1.807) is 23.3 Å². The molecule has 0 unspecified atom stereocenters. The molecule has 146 valence electrons. The molecule has 1 aliphatic heterocycles. The van der Waals surface area contributed by atoms with E-state index in [1.165, 1.54) is 5.01 Å². The van der Waals surface area contributed by atoms with Crippen LogP contribution in [-0.4, -0.2) is 61.3 Å². The van der Waals surface area contributed by atoms with E-state index < -0.39 is 0 Å². The number of guanidine groups is 1. The zero-order chi connectivity index (χ0) is 18.9. The van der Waals surface area contributed by atoms with E-state index in [0.29, 0.717) is 31.7 Å². The van der Waals surface area contributed by atoms with Crippen molar-refractivity contribution in [3.8, 4) is 0 Å². The molecule has 1 aliphatic rings. The van der Waals surface area contributed by atoms with E-state index in [0.717, 1.165) is 37.5 Å². The number of ether oxygens (including phenoxy) is 1. The van der Waals surface area contributed by atoms with Gasteiger partial charge < -0.3 is 20.3 Å². The molecule has 1 amide bonds. The fourth-order valence-electron chi connectivity index (χ4n) is 2.82. The zero-order valence-corrected chi connectivity index (χ0v) is 17.1. The third-order valence-electron chi connectivity index (χ3n) is 4.32. The number of carbonyl (C=O) groups is 1. The van der Waals surface area contributed by atoms with Crippen LogP contribution in [0.3, 0.4) is 0 Å². The number of nitrogens with zero attached hydrogens (tertiary/aromatic N) is 3. The topological polar surface area (TPSA) is 78.8 Å². The van der Waals surface area contributed by atoms with E-state index in [-0.39, 0.29) is 6.09 Å². The minimum atomic E-state index is -0.211. The Morgan fingerprint density at radius 2 is 2.19 bits per heavy atom. The number of aliphatic imine (C=N–C) groups is 1. The first-order valence-corrected chi connectivity index (χ1v) is 10.2. The summed E-state index contributed by atoms with van der Waals surface area (Å²) in [5, 5.41) is 10.1. The Kier molecular flexibility index (Phi) is 8.15. The van der Waals surface area contributed by atoms with Gasteiger partial charge in [-0.05, 0) is 19.8 Å². The van der Waals surface area contributed by atoms with E-state index in [4.69, 9.17) is 4.74 Å². The highest BCUT2D eigenvalue weighted by atomic mass is 32.1. The highest BCUT2D eigenvalue weighted by Crippen LogP contribution is 2.19. The van der Waals surface area contributed by atoms with Gasteiger partial charge in [0.15, 0.2) is 5.96 Å². The fraction of sp³-hybridized carbons (Fsp3) is 0.722. The van der Waals surface area contributed by atoms with Crippen molar-refractivity contribution in [3.05, 3.63) is 16.1 Å². The van der Waals surface area contributed by atoms with Crippen molar-refractivity contribution < 1.29 is 9.53 Å². The molecule has 1 fully saturated rings. The van der Waals surface area contributed by atoms with Gasteiger partial charge in [-0.1, -0.05) is 13.8 Å². The van der Waals surface area contributed by atoms with Gasteiger partial charge in [0.2, 0.25) is 0 Å². The lowest BCUT2D eigenvalue weighted by atomic mass is 10.1. The summed E-state index contributed by atoms with van der Waals surface area (Å²) in [6.45, 7) is 8.80. The number of piperidine rings is 1. The van der Waals surface area contributed by atoms with E-state index >= 15 is 0 Å². The van der Waals surface area contributed by atoms with Crippen LogP contribution in [-0.2, 0) is 11.2 Å². The lowest BCUT2D eigenvalue weighted by molar-refractivity contribution is 0.0963. The molecule has 26 heavy (non-hydrogen) atoms. The van der Waals surface area contributed by atoms with Gasteiger partial charge in [0.25, 0.3) is 0 Å². The van der Waals surface area contributed by atoms with E-state index in [1.807, 2.05) is 6.92 Å². The van der Waals surface area contributed by atoms with Crippen molar-refractivity contribution in [1.82, 2.24) is 20.5 Å². The van der Waals surface area contributed by atoms with E-state index in [9.17, 15) is 4.79 Å². The van der Waals surface area contributed by atoms with Crippen LogP contribution < -0.4 is 10.6 Å². The van der Waals surface area contributed by atoms with Gasteiger partial charge in [-0.25, -0.2) is 9.78 Å². The quantitative estimate of drug-likeness (QED) is 0.585. The lowest BCUT2D eigenvalue weighted by Gasteiger charge is -2.32. The molecule has 7 nitrogen and oxygen atoms in total. The summed E-state index contributed by atoms with van der Waals surface area (Å²) >= 11 is 1.73. The van der Waals surface area contributed by atoms with Crippen LogP contribution in [0.25, 0.3) is 0 Å². The molecule has 0 atom stereocenters. The molecule has 0 radical (unpaired) electrons. The summed E-state index contributed by atoms with van der Waals surface area (Å²) in [4.78, 5) is 22.5. The van der Waals surface area contributed by atoms with Crippen molar-refractivity contribution in [2.24, 2.45) is 4.99 Å². The first-order valence-electron chi connectivity index (χ1n) is 9.36. The van der Waals surface area contributed by atoms with Crippen LogP contribution >= 0.6 is 11.3 Å². The average Bonchev–Trinajstić information content (AvgIpc) is 3.11. The largest absolute Gasteiger partial charge is 0.450 e.